The second kappa shape index (κ2) is 11.1. The van der Waals surface area contributed by atoms with Crippen molar-refractivity contribution in [1.82, 2.24) is 19.8 Å². The van der Waals surface area contributed by atoms with Crippen molar-refractivity contribution in [1.29, 1.82) is 0 Å². The summed E-state index contributed by atoms with van der Waals surface area (Å²) >= 11 is 0. The Bertz CT molecular complexity index is 787. The molecule has 1 aromatic rings. The van der Waals surface area contributed by atoms with Crippen molar-refractivity contribution in [3.8, 4) is 0 Å². The first kappa shape index (κ1) is 23.0. The number of likely N-dealkylation sites (tertiary alicyclic amines) is 1. The van der Waals surface area contributed by atoms with Crippen LogP contribution < -0.4 is 10.0 Å². The summed E-state index contributed by atoms with van der Waals surface area (Å²) in [5.41, 5.74) is 1.33. The Balaban J connectivity index is 1.57. The molecule has 2 aliphatic heterocycles. The van der Waals surface area contributed by atoms with Crippen LogP contribution in [0.15, 0.2) is 35.3 Å². The molecule has 8 nitrogen and oxygen atoms in total. The molecule has 0 radical (unpaired) electrons. The third-order valence-electron chi connectivity index (χ3n) is 5.58. The van der Waals surface area contributed by atoms with Crippen LogP contribution >= 0.6 is 0 Å². The number of benzene rings is 1. The van der Waals surface area contributed by atoms with Crippen LogP contribution in [0.3, 0.4) is 0 Å². The van der Waals surface area contributed by atoms with Gasteiger partial charge in [-0.3, -0.25) is 9.89 Å². The minimum absolute atomic E-state index is 0.106. The lowest BCUT2D eigenvalue weighted by molar-refractivity contribution is -0.0502. The molecule has 0 spiro atoms. The van der Waals surface area contributed by atoms with Gasteiger partial charge >= 0.3 is 0 Å². The Morgan fingerprint density at radius 2 is 2.03 bits per heavy atom. The summed E-state index contributed by atoms with van der Waals surface area (Å²) in [5, 5.41) is 3.38. The molecule has 30 heavy (non-hydrogen) atoms. The number of morpholine rings is 1. The Hall–Kier alpha value is -1.68. The van der Waals surface area contributed by atoms with Crippen molar-refractivity contribution in [3.05, 3.63) is 35.9 Å². The van der Waals surface area contributed by atoms with Crippen molar-refractivity contribution in [2.45, 2.75) is 39.0 Å². The first-order valence-corrected chi connectivity index (χ1v) is 12.6. The predicted octanol–water partition coefficient (Wildman–Crippen LogP) is 0.867. The number of hydrogen-bond donors (Lipinski definition) is 2. The van der Waals surface area contributed by atoms with Gasteiger partial charge in [0.15, 0.2) is 5.96 Å². The molecule has 2 heterocycles. The normalized spacial score (nSPS) is 22.9. The number of hydrogen-bond acceptors (Lipinski definition) is 5. The van der Waals surface area contributed by atoms with Crippen molar-refractivity contribution in [2.75, 3.05) is 51.6 Å². The fourth-order valence-corrected chi connectivity index (χ4v) is 4.62. The van der Waals surface area contributed by atoms with Crippen LogP contribution in [0.25, 0.3) is 0 Å². The molecule has 0 bridgehead atoms. The van der Waals surface area contributed by atoms with E-state index >= 15 is 0 Å². The van der Waals surface area contributed by atoms with Crippen LogP contribution in [0.4, 0.5) is 0 Å². The molecule has 1 aromatic carbocycles. The van der Waals surface area contributed by atoms with E-state index in [9.17, 15) is 8.42 Å². The lowest BCUT2D eigenvalue weighted by Gasteiger charge is -2.36. The second-order valence-electron chi connectivity index (χ2n) is 7.72. The lowest BCUT2D eigenvalue weighted by atomic mass is 10.1. The SMILES string of the molecule is CCNC(=NCCCNS(=O)(=O)CC)N1CC2OCCN(Cc3ccccc3)C2C1. The minimum Gasteiger partial charge on any atom is -0.373 e. The number of guanidine groups is 1. The van der Waals surface area contributed by atoms with Gasteiger partial charge in [-0.2, -0.15) is 0 Å². The van der Waals surface area contributed by atoms with Gasteiger partial charge < -0.3 is 15.0 Å². The number of fused-ring (bicyclic) bond motifs is 1. The maximum absolute atomic E-state index is 11.5. The topological polar surface area (TPSA) is 86.3 Å². The summed E-state index contributed by atoms with van der Waals surface area (Å²) in [6.07, 6.45) is 0.855. The largest absolute Gasteiger partial charge is 0.373 e. The van der Waals surface area contributed by atoms with Crippen LogP contribution in [-0.4, -0.2) is 88.0 Å². The summed E-state index contributed by atoms with van der Waals surface area (Å²) < 4.78 is 31.7. The molecule has 2 atom stereocenters. The van der Waals surface area contributed by atoms with Crippen molar-refractivity contribution in [2.24, 2.45) is 4.99 Å². The summed E-state index contributed by atoms with van der Waals surface area (Å²) in [6.45, 7) is 9.82. The molecule has 0 amide bonds. The van der Waals surface area contributed by atoms with Gasteiger partial charge in [0.2, 0.25) is 10.0 Å². The first-order chi connectivity index (χ1) is 14.5. The average Bonchev–Trinajstić information content (AvgIpc) is 3.19. The summed E-state index contributed by atoms with van der Waals surface area (Å²) in [5.74, 6) is 0.989. The van der Waals surface area contributed by atoms with Crippen LogP contribution in [-0.2, 0) is 21.3 Å². The Labute approximate surface area is 180 Å². The van der Waals surface area contributed by atoms with E-state index in [1.807, 2.05) is 0 Å². The zero-order chi connectivity index (χ0) is 21.4. The number of nitrogens with zero attached hydrogens (tertiary/aromatic N) is 3. The molecular formula is C21H35N5O3S. The van der Waals surface area contributed by atoms with Gasteiger partial charge in [0.25, 0.3) is 0 Å². The fraction of sp³-hybridized carbons (Fsp3) is 0.667. The van der Waals surface area contributed by atoms with Gasteiger partial charge in [-0.1, -0.05) is 30.3 Å². The van der Waals surface area contributed by atoms with Crippen LogP contribution in [0.1, 0.15) is 25.8 Å². The van der Waals surface area contributed by atoms with Crippen molar-refractivity contribution in [3.63, 3.8) is 0 Å². The molecule has 0 aliphatic carbocycles. The summed E-state index contributed by atoms with van der Waals surface area (Å²) in [7, 11) is -3.14. The molecule has 3 rings (SSSR count). The van der Waals surface area contributed by atoms with Crippen LogP contribution in [0.2, 0.25) is 0 Å². The van der Waals surface area contributed by atoms with Gasteiger partial charge in [0, 0.05) is 45.8 Å². The molecular weight excluding hydrogens is 402 g/mol. The number of nitrogens with one attached hydrogen (secondary N) is 2. The highest BCUT2D eigenvalue weighted by Gasteiger charge is 2.41. The van der Waals surface area contributed by atoms with Crippen molar-refractivity contribution >= 4 is 16.0 Å². The number of aliphatic imine (C=N–C) groups is 1. The van der Waals surface area contributed by atoms with E-state index in [1.54, 1.807) is 6.92 Å². The van der Waals surface area contributed by atoms with E-state index in [-0.39, 0.29) is 11.9 Å². The van der Waals surface area contributed by atoms with Gasteiger partial charge in [-0.25, -0.2) is 13.1 Å². The molecule has 2 N–H and O–H groups in total. The Kier molecular flexibility index (Phi) is 8.50. The fourth-order valence-electron chi connectivity index (χ4n) is 3.97. The zero-order valence-electron chi connectivity index (χ0n) is 18.1. The molecule has 168 valence electrons. The molecule has 2 aliphatic rings. The standard InChI is InChI=1S/C21H35N5O3S/c1-3-22-21(23-11-8-12-24-30(27,28)4-2)26-16-19-20(17-26)29-14-13-25(19)15-18-9-6-5-7-10-18/h5-7,9-10,19-20,24H,3-4,8,11-17H2,1-2H3,(H,22,23). The van der Waals surface area contributed by atoms with E-state index in [4.69, 9.17) is 9.73 Å². The zero-order valence-corrected chi connectivity index (χ0v) is 18.9. The van der Waals surface area contributed by atoms with E-state index < -0.39 is 10.0 Å². The molecule has 2 unspecified atom stereocenters. The van der Waals surface area contributed by atoms with E-state index in [2.05, 4.69) is 57.1 Å². The molecule has 2 fully saturated rings. The van der Waals surface area contributed by atoms with Crippen LogP contribution in [0, 0.1) is 0 Å². The second-order valence-corrected chi connectivity index (χ2v) is 9.82. The van der Waals surface area contributed by atoms with Gasteiger partial charge in [0.05, 0.1) is 24.5 Å². The number of ether oxygens (including phenoxy) is 1. The maximum atomic E-state index is 11.5. The third kappa shape index (κ3) is 6.41. The average molecular weight is 438 g/mol. The summed E-state index contributed by atoms with van der Waals surface area (Å²) in [6, 6.07) is 10.9. The Morgan fingerprint density at radius 3 is 2.77 bits per heavy atom. The lowest BCUT2D eigenvalue weighted by Crippen LogP contribution is -2.50. The Morgan fingerprint density at radius 1 is 1.23 bits per heavy atom. The molecule has 2 saturated heterocycles. The highest BCUT2D eigenvalue weighted by atomic mass is 32.2. The van der Waals surface area contributed by atoms with E-state index in [0.29, 0.717) is 25.6 Å². The maximum Gasteiger partial charge on any atom is 0.211 e. The predicted molar refractivity (Wildman–Crippen MR) is 120 cm³/mol. The summed E-state index contributed by atoms with van der Waals surface area (Å²) in [4.78, 5) is 9.53. The van der Waals surface area contributed by atoms with E-state index in [0.717, 1.165) is 45.3 Å². The van der Waals surface area contributed by atoms with Crippen molar-refractivity contribution < 1.29 is 13.2 Å². The molecule has 0 saturated carbocycles. The van der Waals surface area contributed by atoms with Gasteiger partial charge in [-0.05, 0) is 25.8 Å². The smallest absolute Gasteiger partial charge is 0.211 e. The minimum atomic E-state index is -3.14. The third-order valence-corrected chi connectivity index (χ3v) is 6.98. The molecule has 0 aromatic heterocycles. The monoisotopic (exact) mass is 437 g/mol. The molecule has 9 heteroatoms. The van der Waals surface area contributed by atoms with E-state index in [1.165, 1.54) is 5.56 Å². The van der Waals surface area contributed by atoms with Gasteiger partial charge in [-0.15, -0.1) is 0 Å². The highest BCUT2D eigenvalue weighted by molar-refractivity contribution is 7.89. The van der Waals surface area contributed by atoms with Gasteiger partial charge in [0.1, 0.15) is 0 Å². The number of rotatable bonds is 9. The number of sulfonamides is 1. The highest BCUT2D eigenvalue weighted by Crippen LogP contribution is 2.24. The van der Waals surface area contributed by atoms with Crippen LogP contribution in [0.5, 0.6) is 0 Å². The quantitative estimate of drug-likeness (QED) is 0.339. The first-order valence-electron chi connectivity index (χ1n) is 10.9.